The van der Waals surface area contributed by atoms with Crippen LogP contribution in [0.2, 0.25) is 0 Å². The minimum atomic E-state index is 0.0516. The second-order valence-corrected chi connectivity index (χ2v) is 5.32. The lowest BCUT2D eigenvalue weighted by atomic mass is 10.1. The van der Waals surface area contributed by atoms with Crippen molar-refractivity contribution in [2.45, 2.75) is 46.1 Å². The van der Waals surface area contributed by atoms with Crippen LogP contribution in [0.4, 0.5) is 11.4 Å². The van der Waals surface area contributed by atoms with E-state index in [0.717, 1.165) is 30.6 Å². The first-order valence-corrected chi connectivity index (χ1v) is 7.34. The Hall–Kier alpha value is -1.55. The summed E-state index contributed by atoms with van der Waals surface area (Å²) < 4.78 is 0. The number of nitrogens with two attached hydrogens (primary N) is 1. The molecule has 0 spiro atoms. The van der Waals surface area contributed by atoms with Crippen molar-refractivity contribution in [2.24, 2.45) is 0 Å². The molecule has 0 saturated carbocycles. The third kappa shape index (κ3) is 4.85. The minimum absolute atomic E-state index is 0.0516. The number of carbonyl (C=O) groups is 1. The molecule has 3 N–H and O–H groups in total. The summed E-state index contributed by atoms with van der Waals surface area (Å²) in [6.07, 6.45) is 2.74. The van der Waals surface area contributed by atoms with Crippen molar-refractivity contribution in [1.29, 1.82) is 0 Å². The summed E-state index contributed by atoms with van der Waals surface area (Å²) >= 11 is 0. The molecule has 0 aliphatic heterocycles. The predicted molar refractivity (Wildman–Crippen MR) is 85.8 cm³/mol. The minimum Gasteiger partial charge on any atom is -0.399 e. The van der Waals surface area contributed by atoms with Gasteiger partial charge in [-0.05, 0) is 50.6 Å². The fourth-order valence-corrected chi connectivity index (χ4v) is 2.41. The summed E-state index contributed by atoms with van der Waals surface area (Å²) in [6, 6.07) is 6.08. The van der Waals surface area contributed by atoms with E-state index in [1.165, 1.54) is 0 Å². The van der Waals surface area contributed by atoms with E-state index in [-0.39, 0.29) is 5.91 Å². The van der Waals surface area contributed by atoms with Gasteiger partial charge in [0.15, 0.2) is 0 Å². The summed E-state index contributed by atoms with van der Waals surface area (Å²) in [4.78, 5) is 14.2. The number of hydrogen-bond acceptors (Lipinski definition) is 3. The summed E-state index contributed by atoms with van der Waals surface area (Å²) in [6.45, 7) is 7.10. The van der Waals surface area contributed by atoms with Gasteiger partial charge in [0.25, 0.3) is 0 Å². The smallest absolute Gasteiger partial charge is 0.225 e. The molecule has 0 fully saturated rings. The van der Waals surface area contributed by atoms with E-state index in [4.69, 9.17) is 5.73 Å². The normalized spacial score (nSPS) is 11.1. The lowest BCUT2D eigenvalue weighted by Crippen LogP contribution is -2.33. The van der Waals surface area contributed by atoms with Crippen molar-refractivity contribution in [2.75, 3.05) is 24.6 Å². The van der Waals surface area contributed by atoms with Gasteiger partial charge in [-0.2, -0.15) is 0 Å². The molecule has 112 valence electrons. The molecule has 20 heavy (non-hydrogen) atoms. The average Bonchev–Trinajstić information content (AvgIpc) is 2.41. The van der Waals surface area contributed by atoms with Gasteiger partial charge in [-0.15, -0.1) is 0 Å². The predicted octanol–water partition coefficient (Wildman–Crippen LogP) is 3.03. The molecule has 1 aromatic carbocycles. The van der Waals surface area contributed by atoms with Crippen LogP contribution in [0.15, 0.2) is 18.2 Å². The lowest BCUT2D eigenvalue weighted by Gasteiger charge is -2.25. The topological polar surface area (TPSA) is 58.4 Å². The highest BCUT2D eigenvalue weighted by Gasteiger charge is 2.12. The highest BCUT2D eigenvalue weighted by molar-refractivity contribution is 5.91. The molecule has 1 amide bonds. The second kappa shape index (κ2) is 7.90. The Bertz CT molecular complexity index is 441. The van der Waals surface area contributed by atoms with Crippen LogP contribution in [0.1, 0.15) is 38.7 Å². The van der Waals surface area contributed by atoms with Gasteiger partial charge in [0.2, 0.25) is 5.91 Å². The van der Waals surface area contributed by atoms with Gasteiger partial charge >= 0.3 is 0 Å². The summed E-state index contributed by atoms with van der Waals surface area (Å²) in [5.41, 5.74) is 8.25. The Kier molecular flexibility index (Phi) is 6.52. The van der Waals surface area contributed by atoms with Crippen LogP contribution in [0.25, 0.3) is 0 Å². The SMILES string of the molecule is CCC(CC)N(C)CCC(=O)Nc1ccc(N)cc1C. The van der Waals surface area contributed by atoms with Gasteiger partial charge in [0.1, 0.15) is 0 Å². The number of anilines is 2. The van der Waals surface area contributed by atoms with Gasteiger partial charge in [0.05, 0.1) is 0 Å². The number of hydrogen-bond donors (Lipinski definition) is 2. The number of nitrogens with zero attached hydrogens (tertiary/aromatic N) is 1. The molecule has 0 bridgehead atoms. The van der Waals surface area contributed by atoms with Gasteiger partial charge in [-0.3, -0.25) is 4.79 Å². The van der Waals surface area contributed by atoms with Crippen molar-refractivity contribution in [3.05, 3.63) is 23.8 Å². The molecule has 0 saturated heterocycles. The fraction of sp³-hybridized carbons (Fsp3) is 0.562. The number of aryl methyl sites for hydroxylation is 1. The average molecular weight is 277 g/mol. The van der Waals surface area contributed by atoms with Crippen molar-refractivity contribution in [1.82, 2.24) is 4.90 Å². The Morgan fingerprint density at radius 2 is 2.00 bits per heavy atom. The number of carbonyl (C=O) groups excluding carboxylic acids is 1. The monoisotopic (exact) mass is 277 g/mol. The molecule has 0 aliphatic carbocycles. The zero-order valence-electron chi connectivity index (χ0n) is 13.1. The van der Waals surface area contributed by atoms with E-state index < -0.39 is 0 Å². The zero-order valence-corrected chi connectivity index (χ0v) is 13.1. The quantitative estimate of drug-likeness (QED) is 0.753. The summed E-state index contributed by atoms with van der Waals surface area (Å²) in [5.74, 6) is 0.0516. The van der Waals surface area contributed by atoms with Crippen LogP contribution in [0.5, 0.6) is 0 Å². The summed E-state index contributed by atoms with van der Waals surface area (Å²) in [7, 11) is 2.08. The maximum Gasteiger partial charge on any atom is 0.225 e. The van der Waals surface area contributed by atoms with Crippen molar-refractivity contribution in [3.8, 4) is 0 Å². The standard InChI is InChI=1S/C16H27N3O/c1-5-14(6-2)19(4)10-9-16(20)18-15-8-7-13(17)11-12(15)3/h7-8,11,14H,5-6,9-10,17H2,1-4H3,(H,18,20). The first-order chi connectivity index (χ1) is 9.47. The Labute approximate surface area is 122 Å². The highest BCUT2D eigenvalue weighted by atomic mass is 16.1. The van der Waals surface area contributed by atoms with Crippen LogP contribution < -0.4 is 11.1 Å². The largest absolute Gasteiger partial charge is 0.399 e. The van der Waals surface area contributed by atoms with Gasteiger partial charge in [-0.1, -0.05) is 13.8 Å². The van der Waals surface area contributed by atoms with Crippen LogP contribution in [-0.4, -0.2) is 30.4 Å². The molecule has 0 heterocycles. The molecule has 1 rings (SSSR count). The molecular weight excluding hydrogens is 250 g/mol. The number of benzene rings is 1. The maximum atomic E-state index is 12.0. The molecule has 0 unspecified atom stereocenters. The second-order valence-electron chi connectivity index (χ2n) is 5.32. The third-order valence-corrected chi connectivity index (χ3v) is 3.78. The van der Waals surface area contributed by atoms with Gasteiger partial charge in [-0.25, -0.2) is 0 Å². The Balaban J connectivity index is 2.48. The molecule has 0 aromatic heterocycles. The molecule has 1 aromatic rings. The van der Waals surface area contributed by atoms with Crippen LogP contribution in [-0.2, 0) is 4.79 Å². The van der Waals surface area contributed by atoms with Crippen molar-refractivity contribution >= 4 is 17.3 Å². The molecule has 4 nitrogen and oxygen atoms in total. The molecule has 0 aliphatic rings. The van der Waals surface area contributed by atoms with E-state index in [1.54, 1.807) is 6.07 Å². The van der Waals surface area contributed by atoms with Crippen LogP contribution >= 0.6 is 0 Å². The van der Waals surface area contributed by atoms with E-state index in [1.807, 2.05) is 19.1 Å². The Morgan fingerprint density at radius 3 is 2.55 bits per heavy atom. The highest BCUT2D eigenvalue weighted by Crippen LogP contribution is 2.17. The molecule has 4 heteroatoms. The first kappa shape index (κ1) is 16.5. The molecular formula is C16H27N3O. The van der Waals surface area contributed by atoms with Gasteiger partial charge < -0.3 is 16.0 Å². The summed E-state index contributed by atoms with van der Waals surface area (Å²) in [5, 5.41) is 2.95. The number of rotatable bonds is 7. The first-order valence-electron chi connectivity index (χ1n) is 7.34. The van der Waals surface area contributed by atoms with E-state index in [2.05, 4.69) is 31.1 Å². The lowest BCUT2D eigenvalue weighted by molar-refractivity contribution is -0.116. The Morgan fingerprint density at radius 1 is 1.35 bits per heavy atom. The fourth-order valence-electron chi connectivity index (χ4n) is 2.41. The van der Waals surface area contributed by atoms with E-state index >= 15 is 0 Å². The van der Waals surface area contributed by atoms with E-state index in [0.29, 0.717) is 18.2 Å². The molecule has 0 radical (unpaired) electrons. The van der Waals surface area contributed by atoms with E-state index in [9.17, 15) is 4.79 Å². The number of nitrogens with one attached hydrogen (secondary N) is 1. The maximum absolute atomic E-state index is 12.0. The molecule has 0 atom stereocenters. The van der Waals surface area contributed by atoms with Gasteiger partial charge in [0, 0.05) is 30.4 Å². The number of amides is 1. The van der Waals surface area contributed by atoms with Crippen molar-refractivity contribution < 1.29 is 4.79 Å². The van der Waals surface area contributed by atoms with Crippen molar-refractivity contribution in [3.63, 3.8) is 0 Å². The van der Waals surface area contributed by atoms with Crippen LogP contribution in [0.3, 0.4) is 0 Å². The van der Waals surface area contributed by atoms with Crippen LogP contribution in [0, 0.1) is 6.92 Å². The number of nitrogen functional groups attached to an aromatic ring is 1. The third-order valence-electron chi connectivity index (χ3n) is 3.78. The zero-order chi connectivity index (χ0) is 15.1.